The zero-order valence-electron chi connectivity index (χ0n) is 13.8. The molecule has 1 saturated carbocycles. The van der Waals surface area contributed by atoms with Gasteiger partial charge in [-0.25, -0.2) is 4.79 Å². The Balaban J connectivity index is 1.27. The van der Waals surface area contributed by atoms with Crippen LogP contribution < -0.4 is 10.6 Å². The first-order valence-corrected chi connectivity index (χ1v) is 8.24. The lowest BCUT2D eigenvalue weighted by molar-refractivity contribution is 0.125. The summed E-state index contributed by atoms with van der Waals surface area (Å²) in [5.41, 5.74) is 0.990. The molecule has 24 heavy (non-hydrogen) atoms. The minimum absolute atomic E-state index is 0.195. The van der Waals surface area contributed by atoms with Crippen LogP contribution in [-0.2, 0) is 24.8 Å². The van der Waals surface area contributed by atoms with Crippen LogP contribution in [0.15, 0.2) is 36.7 Å². The number of carbonyl (C=O) groups excluding carboxylic acids is 1. The van der Waals surface area contributed by atoms with E-state index in [2.05, 4.69) is 20.8 Å². The quantitative estimate of drug-likeness (QED) is 0.803. The van der Waals surface area contributed by atoms with Crippen molar-refractivity contribution in [1.82, 2.24) is 25.4 Å². The van der Waals surface area contributed by atoms with E-state index in [0.717, 1.165) is 37.2 Å². The van der Waals surface area contributed by atoms with Crippen LogP contribution >= 0.6 is 0 Å². The molecule has 0 unspecified atom stereocenters. The molecular formula is C17H23N5O2. The van der Waals surface area contributed by atoms with Gasteiger partial charge < -0.3 is 19.9 Å². The second-order valence-corrected chi connectivity index (χ2v) is 6.13. The molecule has 7 nitrogen and oxygen atoms in total. The highest BCUT2D eigenvalue weighted by atomic mass is 16.5. The number of carbonyl (C=O) groups is 1. The van der Waals surface area contributed by atoms with E-state index in [0.29, 0.717) is 12.6 Å². The maximum absolute atomic E-state index is 11.8. The average molecular weight is 329 g/mol. The van der Waals surface area contributed by atoms with Gasteiger partial charge in [-0.2, -0.15) is 0 Å². The summed E-state index contributed by atoms with van der Waals surface area (Å²) in [6.45, 7) is 1.17. The normalized spacial score (nSPS) is 19.5. The van der Waals surface area contributed by atoms with Crippen LogP contribution in [0.4, 0.5) is 4.79 Å². The van der Waals surface area contributed by atoms with Gasteiger partial charge in [0.25, 0.3) is 0 Å². The monoisotopic (exact) mass is 329 g/mol. The smallest absolute Gasteiger partial charge is 0.407 e. The highest BCUT2D eigenvalue weighted by molar-refractivity contribution is 5.67. The SMILES string of the molecule is Cn1cnnc1CCNC1CC(NC(=O)OCc2ccccc2)C1. The van der Waals surface area contributed by atoms with Gasteiger partial charge in [-0.15, -0.1) is 10.2 Å². The molecule has 0 spiro atoms. The molecule has 1 aliphatic carbocycles. The van der Waals surface area contributed by atoms with Gasteiger partial charge in [0.05, 0.1) is 0 Å². The van der Waals surface area contributed by atoms with Crippen molar-refractivity contribution in [2.75, 3.05) is 6.54 Å². The van der Waals surface area contributed by atoms with Crippen LogP contribution in [0, 0.1) is 0 Å². The Hall–Kier alpha value is -2.41. The summed E-state index contributed by atoms with van der Waals surface area (Å²) >= 11 is 0. The van der Waals surface area contributed by atoms with Gasteiger partial charge in [-0.3, -0.25) is 0 Å². The van der Waals surface area contributed by atoms with Crippen molar-refractivity contribution in [2.24, 2.45) is 7.05 Å². The van der Waals surface area contributed by atoms with Gasteiger partial charge in [0, 0.05) is 32.1 Å². The summed E-state index contributed by atoms with van der Waals surface area (Å²) in [7, 11) is 1.94. The number of benzene rings is 1. The van der Waals surface area contributed by atoms with Crippen molar-refractivity contribution in [3.8, 4) is 0 Å². The molecule has 0 aliphatic heterocycles. The van der Waals surface area contributed by atoms with Crippen LogP contribution in [0.3, 0.4) is 0 Å². The molecule has 1 aromatic heterocycles. The predicted molar refractivity (Wildman–Crippen MR) is 89.3 cm³/mol. The molecule has 0 saturated heterocycles. The van der Waals surface area contributed by atoms with Crippen molar-refractivity contribution in [2.45, 2.75) is 38.0 Å². The van der Waals surface area contributed by atoms with Gasteiger partial charge in [0.1, 0.15) is 18.8 Å². The van der Waals surface area contributed by atoms with E-state index in [1.54, 1.807) is 6.33 Å². The first-order valence-electron chi connectivity index (χ1n) is 8.24. The Morgan fingerprint density at radius 1 is 1.29 bits per heavy atom. The zero-order chi connectivity index (χ0) is 16.8. The third-order valence-corrected chi connectivity index (χ3v) is 4.26. The van der Waals surface area contributed by atoms with Crippen LogP contribution in [0.5, 0.6) is 0 Å². The summed E-state index contributed by atoms with van der Waals surface area (Å²) in [6, 6.07) is 10.3. The number of nitrogens with one attached hydrogen (secondary N) is 2. The highest BCUT2D eigenvalue weighted by Crippen LogP contribution is 2.20. The molecule has 1 fully saturated rings. The van der Waals surface area contributed by atoms with Gasteiger partial charge in [0.15, 0.2) is 0 Å². The molecule has 7 heteroatoms. The number of rotatable bonds is 7. The summed E-state index contributed by atoms with van der Waals surface area (Å²) < 4.78 is 7.15. The van der Waals surface area contributed by atoms with Crippen LogP contribution in [0.25, 0.3) is 0 Å². The largest absolute Gasteiger partial charge is 0.445 e. The van der Waals surface area contributed by atoms with Crippen molar-refractivity contribution in [3.63, 3.8) is 0 Å². The van der Waals surface area contributed by atoms with E-state index >= 15 is 0 Å². The van der Waals surface area contributed by atoms with Crippen molar-refractivity contribution in [1.29, 1.82) is 0 Å². The van der Waals surface area contributed by atoms with E-state index in [9.17, 15) is 4.79 Å². The standard InChI is InChI=1S/C17H23N5O2/c1-22-12-19-21-16(22)7-8-18-14-9-15(10-14)20-17(23)24-11-13-5-3-2-4-6-13/h2-6,12,14-15,18H,7-11H2,1H3,(H,20,23). The van der Waals surface area contributed by atoms with E-state index in [1.807, 2.05) is 41.9 Å². The van der Waals surface area contributed by atoms with E-state index in [1.165, 1.54) is 0 Å². The molecule has 1 amide bonds. The van der Waals surface area contributed by atoms with Crippen LogP contribution in [-0.4, -0.2) is 39.5 Å². The van der Waals surface area contributed by atoms with Crippen molar-refractivity contribution in [3.05, 3.63) is 48.0 Å². The number of hydrogen-bond donors (Lipinski definition) is 2. The van der Waals surface area contributed by atoms with Gasteiger partial charge >= 0.3 is 6.09 Å². The summed E-state index contributed by atoms with van der Waals surface area (Å²) in [6.07, 6.45) is 4.07. The third kappa shape index (κ3) is 4.55. The summed E-state index contributed by atoms with van der Waals surface area (Å²) in [4.78, 5) is 11.8. The number of aromatic nitrogens is 3. The molecule has 3 rings (SSSR count). The van der Waals surface area contributed by atoms with Crippen molar-refractivity contribution < 1.29 is 9.53 Å². The first-order chi connectivity index (χ1) is 11.7. The molecule has 1 heterocycles. The fraction of sp³-hybridized carbons (Fsp3) is 0.471. The van der Waals surface area contributed by atoms with E-state index in [4.69, 9.17) is 4.74 Å². The fourth-order valence-corrected chi connectivity index (χ4v) is 2.76. The summed E-state index contributed by atoms with van der Waals surface area (Å²) in [5, 5.41) is 14.3. The Labute approximate surface area is 141 Å². The Morgan fingerprint density at radius 2 is 2.08 bits per heavy atom. The molecule has 0 atom stereocenters. The topological polar surface area (TPSA) is 81.1 Å². The number of nitrogens with zero attached hydrogens (tertiary/aromatic N) is 3. The zero-order valence-corrected chi connectivity index (χ0v) is 13.8. The van der Waals surface area contributed by atoms with E-state index < -0.39 is 0 Å². The van der Waals surface area contributed by atoms with Crippen molar-refractivity contribution >= 4 is 6.09 Å². The molecule has 2 N–H and O–H groups in total. The number of alkyl carbamates (subject to hydrolysis) is 1. The number of hydrogen-bond acceptors (Lipinski definition) is 5. The Bertz CT molecular complexity index is 652. The lowest BCUT2D eigenvalue weighted by Crippen LogP contribution is -2.52. The lowest BCUT2D eigenvalue weighted by Gasteiger charge is -2.36. The molecule has 1 aromatic carbocycles. The Morgan fingerprint density at radius 3 is 2.79 bits per heavy atom. The van der Waals surface area contributed by atoms with Gasteiger partial charge in [0.2, 0.25) is 0 Å². The molecular weight excluding hydrogens is 306 g/mol. The molecule has 1 aliphatic rings. The Kier molecular flexibility index (Phi) is 5.43. The number of ether oxygens (including phenoxy) is 1. The van der Waals surface area contributed by atoms with Crippen LogP contribution in [0.2, 0.25) is 0 Å². The second kappa shape index (κ2) is 7.92. The predicted octanol–water partition coefficient (Wildman–Crippen LogP) is 1.40. The minimum atomic E-state index is -0.346. The molecule has 2 aromatic rings. The van der Waals surface area contributed by atoms with Crippen LogP contribution in [0.1, 0.15) is 24.2 Å². The maximum Gasteiger partial charge on any atom is 0.407 e. The fourth-order valence-electron chi connectivity index (χ4n) is 2.76. The molecule has 0 bridgehead atoms. The first kappa shape index (κ1) is 16.4. The number of aryl methyl sites for hydroxylation is 1. The highest BCUT2D eigenvalue weighted by Gasteiger charge is 2.30. The third-order valence-electron chi connectivity index (χ3n) is 4.26. The minimum Gasteiger partial charge on any atom is -0.445 e. The average Bonchev–Trinajstić information content (AvgIpc) is 2.96. The van der Waals surface area contributed by atoms with Gasteiger partial charge in [-0.1, -0.05) is 30.3 Å². The number of amides is 1. The van der Waals surface area contributed by atoms with Gasteiger partial charge in [-0.05, 0) is 18.4 Å². The van der Waals surface area contributed by atoms with E-state index in [-0.39, 0.29) is 12.1 Å². The lowest BCUT2D eigenvalue weighted by atomic mass is 9.87. The maximum atomic E-state index is 11.8. The summed E-state index contributed by atoms with van der Waals surface area (Å²) in [5.74, 6) is 0.973. The molecule has 0 radical (unpaired) electrons. The second-order valence-electron chi connectivity index (χ2n) is 6.13. The molecule has 128 valence electrons.